The second-order valence-corrected chi connectivity index (χ2v) is 5.75. The second kappa shape index (κ2) is 7.76. The Morgan fingerprint density at radius 3 is 2.43 bits per heavy atom. The lowest BCUT2D eigenvalue weighted by atomic mass is 10.1. The maximum absolute atomic E-state index is 12.8. The van der Waals surface area contributed by atoms with Gasteiger partial charge in [0, 0.05) is 6.54 Å². The molecular formula is C16H21F2NO2. The summed E-state index contributed by atoms with van der Waals surface area (Å²) >= 11 is 0. The largest absolute Gasteiger partial charge is 0.444 e. The SMILES string of the molecule is CC(C)(C)OC(=O)NC/C(=C/F)CCc1ccc(F)cc1. The summed E-state index contributed by atoms with van der Waals surface area (Å²) in [7, 11) is 0. The Morgan fingerprint density at radius 1 is 1.29 bits per heavy atom. The van der Waals surface area contributed by atoms with Crippen molar-refractivity contribution in [2.75, 3.05) is 6.54 Å². The first kappa shape index (κ1) is 17.1. The monoisotopic (exact) mass is 297 g/mol. The van der Waals surface area contributed by atoms with Crippen LogP contribution in [-0.2, 0) is 11.2 Å². The lowest BCUT2D eigenvalue weighted by Gasteiger charge is -2.20. The highest BCUT2D eigenvalue weighted by atomic mass is 19.1. The number of ether oxygens (including phenoxy) is 1. The average molecular weight is 297 g/mol. The molecule has 0 atom stereocenters. The van der Waals surface area contributed by atoms with E-state index in [1.54, 1.807) is 32.9 Å². The molecule has 116 valence electrons. The summed E-state index contributed by atoms with van der Waals surface area (Å²) in [5.74, 6) is -0.299. The normalized spacial score (nSPS) is 12.1. The molecule has 3 nitrogen and oxygen atoms in total. The fourth-order valence-electron chi connectivity index (χ4n) is 1.64. The van der Waals surface area contributed by atoms with Crippen LogP contribution >= 0.6 is 0 Å². The summed E-state index contributed by atoms with van der Waals surface area (Å²) in [6, 6.07) is 6.05. The number of hydrogen-bond acceptors (Lipinski definition) is 2. The molecule has 5 heteroatoms. The predicted molar refractivity (Wildman–Crippen MR) is 78.1 cm³/mol. The Bertz CT molecular complexity index is 490. The lowest BCUT2D eigenvalue weighted by Crippen LogP contribution is -2.33. The van der Waals surface area contributed by atoms with Crippen LogP contribution < -0.4 is 5.32 Å². The maximum Gasteiger partial charge on any atom is 0.407 e. The van der Waals surface area contributed by atoms with Crippen molar-refractivity contribution in [3.05, 3.63) is 47.5 Å². The van der Waals surface area contributed by atoms with Gasteiger partial charge in [-0.2, -0.15) is 0 Å². The van der Waals surface area contributed by atoms with Gasteiger partial charge in [-0.15, -0.1) is 0 Å². The molecule has 1 rings (SSSR count). The van der Waals surface area contributed by atoms with Crippen molar-refractivity contribution in [2.45, 2.75) is 39.2 Å². The molecule has 0 aliphatic heterocycles. The number of aryl methyl sites for hydroxylation is 1. The number of carbonyl (C=O) groups excluding carboxylic acids is 1. The van der Waals surface area contributed by atoms with Crippen molar-refractivity contribution in [3.8, 4) is 0 Å². The third-order valence-corrected chi connectivity index (χ3v) is 2.66. The summed E-state index contributed by atoms with van der Waals surface area (Å²) in [5.41, 5.74) is 0.774. The van der Waals surface area contributed by atoms with Gasteiger partial charge in [-0.05, 0) is 56.9 Å². The molecule has 0 heterocycles. The van der Waals surface area contributed by atoms with Gasteiger partial charge in [0.05, 0.1) is 6.33 Å². The van der Waals surface area contributed by atoms with Crippen molar-refractivity contribution in [2.24, 2.45) is 0 Å². The van der Waals surface area contributed by atoms with Gasteiger partial charge in [-0.3, -0.25) is 0 Å². The molecule has 0 unspecified atom stereocenters. The molecule has 21 heavy (non-hydrogen) atoms. The number of alkyl carbamates (subject to hydrolysis) is 1. The fraction of sp³-hybridized carbons (Fsp3) is 0.438. The van der Waals surface area contributed by atoms with E-state index in [4.69, 9.17) is 4.74 Å². The Labute approximate surface area is 124 Å². The van der Waals surface area contributed by atoms with Crippen LogP contribution in [0.15, 0.2) is 36.2 Å². The fourth-order valence-corrected chi connectivity index (χ4v) is 1.64. The number of hydrogen-bond donors (Lipinski definition) is 1. The van der Waals surface area contributed by atoms with E-state index in [9.17, 15) is 13.6 Å². The zero-order valence-electron chi connectivity index (χ0n) is 12.6. The predicted octanol–water partition coefficient (Wildman–Crippen LogP) is 4.14. The van der Waals surface area contributed by atoms with E-state index < -0.39 is 11.7 Å². The minimum atomic E-state index is -0.586. The molecule has 1 aromatic carbocycles. The second-order valence-electron chi connectivity index (χ2n) is 5.75. The topological polar surface area (TPSA) is 38.3 Å². The van der Waals surface area contributed by atoms with Crippen LogP contribution in [0.1, 0.15) is 32.8 Å². The molecule has 0 bridgehead atoms. The molecule has 0 spiro atoms. The molecule has 0 saturated heterocycles. The number of halogens is 2. The van der Waals surface area contributed by atoms with Crippen molar-refractivity contribution in [1.29, 1.82) is 0 Å². The highest BCUT2D eigenvalue weighted by molar-refractivity contribution is 5.68. The number of nitrogens with one attached hydrogen (secondary N) is 1. The van der Waals surface area contributed by atoms with Gasteiger partial charge < -0.3 is 10.1 Å². The van der Waals surface area contributed by atoms with Crippen LogP contribution in [0, 0.1) is 5.82 Å². The van der Waals surface area contributed by atoms with Crippen LogP contribution in [0.25, 0.3) is 0 Å². The molecule has 1 amide bonds. The van der Waals surface area contributed by atoms with Gasteiger partial charge in [0.25, 0.3) is 0 Å². The van der Waals surface area contributed by atoms with Crippen LogP contribution in [0.3, 0.4) is 0 Å². The van der Waals surface area contributed by atoms with Gasteiger partial charge >= 0.3 is 6.09 Å². The third kappa shape index (κ3) is 7.44. The average Bonchev–Trinajstić information content (AvgIpc) is 2.39. The quantitative estimate of drug-likeness (QED) is 0.887. The molecule has 0 aliphatic carbocycles. The van der Waals surface area contributed by atoms with E-state index in [0.717, 1.165) is 5.56 Å². The van der Waals surface area contributed by atoms with E-state index in [1.807, 2.05) is 0 Å². The van der Waals surface area contributed by atoms with Crippen LogP contribution in [-0.4, -0.2) is 18.2 Å². The standard InChI is InChI=1S/C16H21F2NO2/c1-16(2,3)21-15(20)19-11-13(10-17)5-4-12-6-8-14(18)9-7-12/h6-10H,4-5,11H2,1-3H3,(H,19,20)/b13-10+. The van der Waals surface area contributed by atoms with Crippen LogP contribution in [0.5, 0.6) is 0 Å². The van der Waals surface area contributed by atoms with Gasteiger partial charge in [-0.25, -0.2) is 13.6 Å². The molecule has 0 saturated carbocycles. The smallest absolute Gasteiger partial charge is 0.407 e. The zero-order chi connectivity index (χ0) is 15.9. The Hall–Kier alpha value is -1.91. The first-order valence-corrected chi connectivity index (χ1v) is 6.79. The molecule has 0 fully saturated rings. The summed E-state index contributed by atoms with van der Waals surface area (Å²) in [6.45, 7) is 5.36. The molecule has 1 aromatic rings. The first-order valence-electron chi connectivity index (χ1n) is 6.79. The number of benzene rings is 1. The Morgan fingerprint density at radius 2 is 1.90 bits per heavy atom. The summed E-state index contributed by atoms with van der Waals surface area (Å²) < 4.78 is 30.6. The van der Waals surface area contributed by atoms with Crippen molar-refractivity contribution in [3.63, 3.8) is 0 Å². The summed E-state index contributed by atoms with van der Waals surface area (Å²) in [6.07, 6.45) is 0.925. The number of carbonyl (C=O) groups is 1. The highest BCUT2D eigenvalue weighted by Gasteiger charge is 2.15. The Balaban J connectivity index is 2.39. The summed E-state index contributed by atoms with van der Waals surface area (Å²) in [4.78, 5) is 11.5. The first-order chi connectivity index (χ1) is 9.80. The van der Waals surface area contributed by atoms with Gasteiger partial charge in [0.15, 0.2) is 0 Å². The maximum atomic E-state index is 12.8. The van der Waals surface area contributed by atoms with Gasteiger partial charge in [0.2, 0.25) is 0 Å². The lowest BCUT2D eigenvalue weighted by molar-refractivity contribution is 0.0532. The van der Waals surface area contributed by atoms with E-state index >= 15 is 0 Å². The minimum Gasteiger partial charge on any atom is -0.444 e. The molecule has 1 N–H and O–H groups in total. The number of rotatable bonds is 5. The van der Waals surface area contributed by atoms with E-state index in [1.165, 1.54) is 12.1 Å². The van der Waals surface area contributed by atoms with E-state index in [0.29, 0.717) is 24.7 Å². The highest BCUT2D eigenvalue weighted by Crippen LogP contribution is 2.11. The van der Waals surface area contributed by atoms with Crippen LogP contribution in [0.2, 0.25) is 0 Å². The van der Waals surface area contributed by atoms with Gasteiger partial charge in [0.1, 0.15) is 11.4 Å². The van der Waals surface area contributed by atoms with Crippen molar-refractivity contribution < 1.29 is 18.3 Å². The molecule has 0 aromatic heterocycles. The molecular weight excluding hydrogens is 276 g/mol. The van der Waals surface area contributed by atoms with Crippen LogP contribution in [0.4, 0.5) is 13.6 Å². The third-order valence-electron chi connectivity index (χ3n) is 2.66. The van der Waals surface area contributed by atoms with E-state index in [-0.39, 0.29) is 12.4 Å². The van der Waals surface area contributed by atoms with Gasteiger partial charge in [-0.1, -0.05) is 12.1 Å². The van der Waals surface area contributed by atoms with Crippen molar-refractivity contribution in [1.82, 2.24) is 5.32 Å². The summed E-state index contributed by atoms with van der Waals surface area (Å²) in [5, 5.41) is 2.51. The minimum absolute atomic E-state index is 0.0899. The zero-order valence-corrected chi connectivity index (χ0v) is 12.6. The molecule has 0 aliphatic rings. The number of amides is 1. The van der Waals surface area contributed by atoms with Crippen molar-refractivity contribution >= 4 is 6.09 Å². The van der Waals surface area contributed by atoms with E-state index in [2.05, 4.69) is 5.32 Å². The molecule has 0 radical (unpaired) electrons. The Kier molecular flexibility index (Phi) is 6.34.